The summed E-state index contributed by atoms with van der Waals surface area (Å²) < 4.78 is 33.3. The molecule has 0 saturated carbocycles. The molecular weight excluding hydrogens is 426 g/mol. The number of carbonyl (C=O) groups is 1. The van der Waals surface area contributed by atoms with Crippen LogP contribution in [0.25, 0.3) is 0 Å². The predicted molar refractivity (Wildman–Crippen MR) is 106 cm³/mol. The summed E-state index contributed by atoms with van der Waals surface area (Å²) in [5, 5.41) is 0.632. The lowest BCUT2D eigenvalue weighted by atomic mass is 9.93. The Bertz CT molecular complexity index is 842. The van der Waals surface area contributed by atoms with Crippen molar-refractivity contribution in [3.8, 4) is 0 Å². The molecule has 0 bridgehead atoms. The van der Waals surface area contributed by atoms with Crippen molar-refractivity contribution in [1.29, 1.82) is 0 Å². The molecule has 2 atom stereocenters. The maximum atomic E-state index is 13.3. The Morgan fingerprint density at radius 3 is 2.71 bits per heavy atom. The van der Waals surface area contributed by atoms with Crippen LogP contribution >= 0.6 is 23.2 Å². The van der Waals surface area contributed by atoms with Crippen LogP contribution in [0.4, 0.5) is 9.18 Å². The minimum Gasteiger partial charge on any atom is -0.593 e. The molecule has 0 N–H and O–H groups in total. The van der Waals surface area contributed by atoms with Crippen molar-refractivity contribution in [2.45, 2.75) is 36.2 Å². The Labute approximate surface area is 176 Å². The fourth-order valence-corrected chi connectivity index (χ4v) is 5.63. The van der Waals surface area contributed by atoms with Gasteiger partial charge in [-0.2, -0.15) is 0 Å². The van der Waals surface area contributed by atoms with Crippen LogP contribution in [0.3, 0.4) is 0 Å². The summed E-state index contributed by atoms with van der Waals surface area (Å²) >= 11 is 10.5. The monoisotopic (exact) mass is 444 g/mol. The Morgan fingerprint density at radius 2 is 2.00 bits per heavy atom. The number of benzene rings is 1. The van der Waals surface area contributed by atoms with Crippen LogP contribution < -0.4 is 0 Å². The molecule has 5 nitrogen and oxygen atoms in total. The summed E-state index contributed by atoms with van der Waals surface area (Å²) in [7, 11) is 0. The summed E-state index contributed by atoms with van der Waals surface area (Å²) in [5.74, 6) is -0.532. The van der Waals surface area contributed by atoms with E-state index in [0.717, 1.165) is 5.57 Å². The summed E-state index contributed by atoms with van der Waals surface area (Å²) in [6, 6.07) is 4.09. The molecule has 2 aliphatic heterocycles. The van der Waals surface area contributed by atoms with Crippen molar-refractivity contribution in [1.82, 2.24) is 9.21 Å². The Kier molecular flexibility index (Phi) is 5.90. The highest BCUT2D eigenvalue weighted by Crippen LogP contribution is 2.34. The van der Waals surface area contributed by atoms with Crippen LogP contribution in [0.1, 0.15) is 19.3 Å². The number of fused-ring (bicyclic) bond motifs is 1. The maximum absolute atomic E-state index is 13.3. The van der Waals surface area contributed by atoms with E-state index >= 15 is 0 Å². The zero-order valence-corrected chi connectivity index (χ0v) is 17.3. The van der Waals surface area contributed by atoms with E-state index in [2.05, 4.69) is 0 Å². The summed E-state index contributed by atoms with van der Waals surface area (Å²) in [5.41, 5.74) is 1.01. The van der Waals surface area contributed by atoms with E-state index < -0.39 is 17.2 Å². The van der Waals surface area contributed by atoms with Gasteiger partial charge in [0.15, 0.2) is 4.90 Å². The van der Waals surface area contributed by atoms with Gasteiger partial charge in [-0.25, -0.2) is 9.18 Å². The number of hydrogen-bond acceptors (Lipinski definition) is 4. The molecule has 2 heterocycles. The molecular formula is C19H19Cl2FN2O3S. The third-order valence-corrected chi connectivity index (χ3v) is 7.38. The molecule has 1 aromatic carbocycles. The molecule has 3 aliphatic rings. The van der Waals surface area contributed by atoms with Crippen LogP contribution in [-0.2, 0) is 16.1 Å². The number of allylic oxidation sites excluding steroid dienone is 2. The molecule has 4 rings (SSSR count). The van der Waals surface area contributed by atoms with Crippen LogP contribution in [0.15, 0.2) is 45.9 Å². The first kappa shape index (κ1) is 20.0. The van der Waals surface area contributed by atoms with Crippen LogP contribution in [0.2, 0.25) is 5.02 Å². The lowest BCUT2D eigenvalue weighted by molar-refractivity contribution is 0.0392. The van der Waals surface area contributed by atoms with Crippen LogP contribution in [-0.4, -0.2) is 51.6 Å². The molecule has 0 radical (unpaired) electrons. The highest BCUT2D eigenvalue weighted by molar-refractivity contribution is 7.89. The van der Waals surface area contributed by atoms with Gasteiger partial charge in [0.1, 0.15) is 12.4 Å². The average Bonchev–Trinajstić information content (AvgIpc) is 2.70. The topological polar surface area (TPSA) is 55.8 Å². The molecule has 2 saturated heterocycles. The fourth-order valence-electron chi connectivity index (χ4n) is 3.91. The number of piperidine rings is 1. The van der Waals surface area contributed by atoms with E-state index in [0.29, 0.717) is 42.3 Å². The molecule has 150 valence electrons. The van der Waals surface area contributed by atoms with Gasteiger partial charge in [-0.1, -0.05) is 29.3 Å². The second-order valence-electron chi connectivity index (χ2n) is 7.01. The van der Waals surface area contributed by atoms with Gasteiger partial charge in [0.2, 0.25) is 0 Å². The smallest absolute Gasteiger partial charge is 0.410 e. The molecule has 1 aromatic rings. The molecule has 0 spiro atoms. The third-order valence-electron chi connectivity index (χ3n) is 5.34. The van der Waals surface area contributed by atoms with Gasteiger partial charge >= 0.3 is 6.09 Å². The van der Waals surface area contributed by atoms with Crippen LogP contribution in [0.5, 0.6) is 0 Å². The number of amides is 1. The van der Waals surface area contributed by atoms with Crippen molar-refractivity contribution in [2.24, 2.45) is 0 Å². The Hall–Kier alpha value is -1.25. The summed E-state index contributed by atoms with van der Waals surface area (Å²) in [6.45, 7) is 1.38. The highest BCUT2D eigenvalue weighted by atomic mass is 35.5. The van der Waals surface area contributed by atoms with Gasteiger partial charge in [-0.05, 0) is 43.0 Å². The first-order valence-corrected chi connectivity index (χ1v) is 10.9. The molecule has 0 aromatic heterocycles. The number of cyclic esters (lactones) is 1. The third kappa shape index (κ3) is 3.91. The van der Waals surface area contributed by atoms with Gasteiger partial charge in [-0.15, -0.1) is 4.31 Å². The fraction of sp³-hybridized carbons (Fsp3) is 0.421. The van der Waals surface area contributed by atoms with Gasteiger partial charge in [0.25, 0.3) is 0 Å². The van der Waals surface area contributed by atoms with E-state index in [1.807, 2.05) is 21.4 Å². The second kappa shape index (κ2) is 8.24. The zero-order chi connectivity index (χ0) is 19.8. The quantitative estimate of drug-likeness (QED) is 0.654. The minimum absolute atomic E-state index is 0.0107. The summed E-state index contributed by atoms with van der Waals surface area (Å²) in [4.78, 5) is 14.7. The lowest BCUT2D eigenvalue weighted by Gasteiger charge is -2.44. The molecule has 9 heteroatoms. The van der Waals surface area contributed by atoms with Crippen molar-refractivity contribution in [3.63, 3.8) is 0 Å². The van der Waals surface area contributed by atoms with Crippen LogP contribution in [0, 0.1) is 5.82 Å². The highest BCUT2D eigenvalue weighted by Gasteiger charge is 2.41. The van der Waals surface area contributed by atoms with Gasteiger partial charge in [0, 0.05) is 30.2 Å². The zero-order valence-electron chi connectivity index (χ0n) is 14.9. The Morgan fingerprint density at radius 1 is 1.25 bits per heavy atom. The van der Waals surface area contributed by atoms with Crippen molar-refractivity contribution in [2.75, 3.05) is 19.7 Å². The normalized spacial score (nSPS) is 24.9. The first-order chi connectivity index (χ1) is 13.4. The van der Waals surface area contributed by atoms with E-state index in [9.17, 15) is 13.7 Å². The van der Waals surface area contributed by atoms with Gasteiger partial charge < -0.3 is 9.29 Å². The second-order valence-corrected chi connectivity index (χ2v) is 9.34. The molecule has 28 heavy (non-hydrogen) atoms. The van der Waals surface area contributed by atoms with E-state index in [4.69, 9.17) is 27.9 Å². The predicted octanol–water partition coefficient (Wildman–Crippen LogP) is 4.24. The number of hydrogen-bond donors (Lipinski definition) is 0. The van der Waals surface area contributed by atoms with E-state index in [-0.39, 0.29) is 29.8 Å². The van der Waals surface area contributed by atoms with Crippen molar-refractivity contribution < 1.29 is 18.5 Å². The maximum Gasteiger partial charge on any atom is 0.410 e. The Balaban J connectivity index is 1.42. The standard InChI is InChI=1S/C19H19Cl2FN2O3S/c20-13-1-4-18-12(9-13)11-27-19(25)24(18)14-5-7-23(8-6-14)28(26)15-2-3-17(22)16(21)10-15/h1-3,9-10,14,18H,4-8,11H2. The average molecular weight is 445 g/mol. The minimum atomic E-state index is -1.42. The van der Waals surface area contributed by atoms with Gasteiger partial charge in [-0.3, -0.25) is 4.90 Å². The molecule has 2 unspecified atom stereocenters. The number of rotatable bonds is 3. The molecule has 1 amide bonds. The van der Waals surface area contributed by atoms with E-state index in [1.54, 1.807) is 0 Å². The van der Waals surface area contributed by atoms with Crippen molar-refractivity contribution >= 4 is 40.7 Å². The molecule has 1 aliphatic carbocycles. The van der Waals surface area contributed by atoms with E-state index in [1.165, 1.54) is 18.2 Å². The molecule has 2 fully saturated rings. The number of nitrogens with zero attached hydrogens (tertiary/aromatic N) is 2. The number of carbonyl (C=O) groups excluding carboxylic acids is 1. The number of halogens is 3. The summed E-state index contributed by atoms with van der Waals surface area (Å²) in [6.07, 6.45) is 5.52. The largest absolute Gasteiger partial charge is 0.593 e. The first-order valence-electron chi connectivity index (χ1n) is 9.07. The van der Waals surface area contributed by atoms with Crippen molar-refractivity contribution in [3.05, 3.63) is 51.8 Å². The SMILES string of the molecule is O=C1OCC2=CC(Cl)=CCC2N1C1CCN([S+]([O-])c2ccc(F)c(Cl)c2)CC1. The number of ether oxygens (including phenoxy) is 1. The lowest BCUT2D eigenvalue weighted by Crippen LogP contribution is -2.56. The van der Waals surface area contributed by atoms with Gasteiger partial charge in [0.05, 0.1) is 22.4 Å².